The van der Waals surface area contributed by atoms with Gasteiger partial charge in [0.15, 0.2) is 0 Å². The van der Waals surface area contributed by atoms with Gasteiger partial charge >= 0.3 is 6.18 Å². The minimum Gasteiger partial charge on any atom is -0.398 e. The van der Waals surface area contributed by atoms with E-state index >= 15 is 0 Å². The number of carbonyl (C=O) groups excluding carboxylic acids is 1. The highest BCUT2D eigenvalue weighted by Gasteiger charge is 2.34. The number of hydrogen-bond acceptors (Lipinski definition) is 2. The maximum atomic E-state index is 12.8. The van der Waals surface area contributed by atoms with Crippen molar-refractivity contribution in [1.29, 1.82) is 0 Å². The molecule has 0 saturated heterocycles. The number of hydrogen-bond donors (Lipinski definition) is 2. The second-order valence-electron chi connectivity index (χ2n) is 5.61. The number of benzene rings is 1. The van der Waals surface area contributed by atoms with Crippen LogP contribution in [0.4, 0.5) is 18.9 Å². The van der Waals surface area contributed by atoms with E-state index in [2.05, 4.69) is 5.32 Å². The molecule has 1 aromatic carbocycles. The standard InChI is InChI=1S/C15H19F3N2O/c1-9-5-2-3-8-12(9)20-14(21)10-6-4-7-11(13(10)19)15(16,17)18/h4,6-7,9,12H,2-3,5,8,19H2,1H3,(H,20,21). The second kappa shape index (κ2) is 5.95. The molecule has 3 nitrogen and oxygen atoms in total. The molecule has 0 bridgehead atoms. The van der Waals surface area contributed by atoms with Crippen molar-refractivity contribution in [3.8, 4) is 0 Å². The minimum atomic E-state index is -4.56. The number of nitrogens with two attached hydrogens (primary N) is 1. The van der Waals surface area contributed by atoms with Crippen LogP contribution in [0.15, 0.2) is 18.2 Å². The van der Waals surface area contributed by atoms with Gasteiger partial charge in [0.05, 0.1) is 16.8 Å². The van der Waals surface area contributed by atoms with Crippen molar-refractivity contribution in [2.45, 2.75) is 44.8 Å². The first kappa shape index (κ1) is 15.7. The zero-order chi connectivity index (χ0) is 15.6. The lowest BCUT2D eigenvalue weighted by Crippen LogP contribution is -2.41. The fourth-order valence-corrected chi connectivity index (χ4v) is 2.79. The Labute approximate surface area is 121 Å². The molecule has 1 fully saturated rings. The Morgan fingerprint density at radius 3 is 2.57 bits per heavy atom. The number of para-hydroxylation sites is 1. The van der Waals surface area contributed by atoms with Crippen LogP contribution in [-0.2, 0) is 6.18 Å². The number of nitrogens with one attached hydrogen (secondary N) is 1. The number of nitrogen functional groups attached to an aromatic ring is 1. The minimum absolute atomic E-state index is 0.000179. The highest BCUT2D eigenvalue weighted by molar-refractivity contribution is 6.00. The molecule has 2 rings (SSSR count). The number of halogens is 3. The number of carbonyl (C=O) groups is 1. The van der Waals surface area contributed by atoms with Gasteiger partial charge in [0.1, 0.15) is 0 Å². The van der Waals surface area contributed by atoms with E-state index in [9.17, 15) is 18.0 Å². The van der Waals surface area contributed by atoms with Gasteiger partial charge in [-0.05, 0) is 30.9 Å². The van der Waals surface area contributed by atoms with Crippen LogP contribution in [-0.4, -0.2) is 11.9 Å². The molecule has 1 amide bonds. The summed E-state index contributed by atoms with van der Waals surface area (Å²) in [5, 5.41) is 2.82. The van der Waals surface area contributed by atoms with E-state index in [1.54, 1.807) is 0 Å². The normalized spacial score (nSPS) is 22.9. The van der Waals surface area contributed by atoms with Gasteiger partial charge in [-0.3, -0.25) is 4.79 Å². The molecule has 6 heteroatoms. The van der Waals surface area contributed by atoms with Gasteiger partial charge in [-0.1, -0.05) is 25.8 Å². The molecule has 0 aromatic heterocycles. The molecule has 2 atom stereocenters. The summed E-state index contributed by atoms with van der Waals surface area (Å²) in [5.41, 5.74) is 3.95. The molecule has 2 unspecified atom stereocenters. The van der Waals surface area contributed by atoms with Crippen LogP contribution in [0.25, 0.3) is 0 Å². The van der Waals surface area contributed by atoms with Gasteiger partial charge in [-0.25, -0.2) is 0 Å². The van der Waals surface area contributed by atoms with Crippen LogP contribution in [0, 0.1) is 5.92 Å². The van der Waals surface area contributed by atoms with Gasteiger partial charge in [-0.15, -0.1) is 0 Å². The molecular weight excluding hydrogens is 281 g/mol. The van der Waals surface area contributed by atoms with Crippen molar-refractivity contribution in [1.82, 2.24) is 5.32 Å². The van der Waals surface area contributed by atoms with E-state index in [-0.39, 0.29) is 11.6 Å². The average Bonchev–Trinajstić information content (AvgIpc) is 2.40. The Bertz CT molecular complexity index is 528. The summed E-state index contributed by atoms with van der Waals surface area (Å²) in [7, 11) is 0. The second-order valence-corrected chi connectivity index (χ2v) is 5.61. The third-order valence-electron chi connectivity index (χ3n) is 4.08. The first-order valence-electron chi connectivity index (χ1n) is 7.07. The summed E-state index contributed by atoms with van der Waals surface area (Å²) >= 11 is 0. The molecule has 1 aliphatic carbocycles. The number of rotatable bonds is 2. The Morgan fingerprint density at radius 1 is 1.29 bits per heavy atom. The summed E-state index contributed by atoms with van der Waals surface area (Å²) in [5.74, 6) is -0.202. The van der Waals surface area contributed by atoms with E-state index in [0.29, 0.717) is 5.92 Å². The monoisotopic (exact) mass is 300 g/mol. The van der Waals surface area contributed by atoms with Gasteiger partial charge in [0.2, 0.25) is 0 Å². The maximum absolute atomic E-state index is 12.8. The molecule has 116 valence electrons. The van der Waals surface area contributed by atoms with Crippen LogP contribution in [0.5, 0.6) is 0 Å². The Hall–Kier alpha value is -1.72. The summed E-state index contributed by atoms with van der Waals surface area (Å²) in [6.07, 6.45) is -0.542. The van der Waals surface area contributed by atoms with Crippen molar-refractivity contribution in [2.24, 2.45) is 5.92 Å². The van der Waals surface area contributed by atoms with E-state index in [0.717, 1.165) is 31.7 Å². The first-order valence-corrected chi connectivity index (χ1v) is 7.07. The molecule has 0 spiro atoms. The summed E-state index contributed by atoms with van der Waals surface area (Å²) in [4.78, 5) is 12.2. The number of amides is 1. The van der Waals surface area contributed by atoms with E-state index in [4.69, 9.17) is 5.73 Å². The maximum Gasteiger partial charge on any atom is 0.418 e. The fourth-order valence-electron chi connectivity index (χ4n) is 2.79. The SMILES string of the molecule is CC1CCCCC1NC(=O)c1cccc(C(F)(F)F)c1N. The quantitative estimate of drug-likeness (QED) is 0.820. The van der Waals surface area contributed by atoms with Crippen molar-refractivity contribution in [3.05, 3.63) is 29.3 Å². The lowest BCUT2D eigenvalue weighted by molar-refractivity contribution is -0.136. The molecule has 1 saturated carbocycles. The first-order chi connectivity index (χ1) is 9.80. The largest absolute Gasteiger partial charge is 0.418 e. The van der Waals surface area contributed by atoms with Crippen molar-refractivity contribution in [2.75, 3.05) is 5.73 Å². The highest BCUT2D eigenvalue weighted by atomic mass is 19.4. The molecule has 1 aliphatic rings. The predicted octanol–water partition coefficient (Wildman–Crippen LogP) is 3.60. The van der Waals surface area contributed by atoms with E-state index in [1.165, 1.54) is 12.1 Å². The van der Waals surface area contributed by atoms with Crippen LogP contribution < -0.4 is 11.1 Å². The van der Waals surface area contributed by atoms with Gasteiger partial charge < -0.3 is 11.1 Å². The zero-order valence-corrected chi connectivity index (χ0v) is 11.8. The van der Waals surface area contributed by atoms with Crippen molar-refractivity contribution >= 4 is 11.6 Å². The smallest absolute Gasteiger partial charge is 0.398 e. The summed E-state index contributed by atoms with van der Waals surface area (Å²) < 4.78 is 38.4. The molecule has 0 radical (unpaired) electrons. The predicted molar refractivity (Wildman–Crippen MR) is 74.7 cm³/mol. The Morgan fingerprint density at radius 2 is 1.95 bits per heavy atom. The molecule has 3 N–H and O–H groups in total. The Balaban J connectivity index is 2.20. The van der Waals surface area contributed by atoms with Gasteiger partial charge in [-0.2, -0.15) is 13.2 Å². The summed E-state index contributed by atoms with van der Waals surface area (Å²) in [6.45, 7) is 2.04. The van der Waals surface area contributed by atoms with E-state index < -0.39 is 23.3 Å². The summed E-state index contributed by atoms with van der Waals surface area (Å²) in [6, 6.07) is 3.42. The third-order valence-corrected chi connectivity index (χ3v) is 4.08. The number of alkyl halides is 3. The van der Waals surface area contributed by atoms with Crippen LogP contribution >= 0.6 is 0 Å². The Kier molecular flexibility index (Phi) is 4.44. The average molecular weight is 300 g/mol. The molecule has 21 heavy (non-hydrogen) atoms. The highest BCUT2D eigenvalue weighted by Crippen LogP contribution is 2.35. The topological polar surface area (TPSA) is 55.1 Å². The molecule has 1 aromatic rings. The lowest BCUT2D eigenvalue weighted by atomic mass is 9.86. The van der Waals surface area contributed by atoms with Crippen LogP contribution in [0.3, 0.4) is 0 Å². The van der Waals surface area contributed by atoms with Crippen molar-refractivity contribution < 1.29 is 18.0 Å². The molecule has 0 aliphatic heterocycles. The number of anilines is 1. The lowest BCUT2D eigenvalue weighted by Gasteiger charge is -2.29. The van der Waals surface area contributed by atoms with E-state index in [1.807, 2.05) is 6.92 Å². The zero-order valence-electron chi connectivity index (χ0n) is 11.8. The molecule has 0 heterocycles. The van der Waals surface area contributed by atoms with Crippen molar-refractivity contribution in [3.63, 3.8) is 0 Å². The molecular formula is C15H19F3N2O. The van der Waals surface area contributed by atoms with Gasteiger partial charge in [0, 0.05) is 6.04 Å². The third kappa shape index (κ3) is 3.49. The van der Waals surface area contributed by atoms with Gasteiger partial charge in [0.25, 0.3) is 5.91 Å². The van der Waals surface area contributed by atoms with Crippen LogP contribution in [0.2, 0.25) is 0 Å². The van der Waals surface area contributed by atoms with Crippen LogP contribution in [0.1, 0.15) is 48.5 Å². The fraction of sp³-hybridized carbons (Fsp3) is 0.533.